The Labute approximate surface area is 80.2 Å². The van der Waals surface area contributed by atoms with Gasteiger partial charge in [0.25, 0.3) is 0 Å². The predicted octanol–water partition coefficient (Wildman–Crippen LogP) is 1.77. The zero-order valence-corrected chi connectivity index (χ0v) is 7.27. The van der Waals surface area contributed by atoms with Crippen molar-refractivity contribution in [3.05, 3.63) is 42.1 Å². The molecule has 4 heteroatoms. The SMILES string of the molecule is O=C(O)c1cccc(-c2cc[nH]n2)c1. The fraction of sp³-hybridized carbons (Fsp3) is 0. The number of carboxylic acid groups (broad SMARTS) is 1. The van der Waals surface area contributed by atoms with Gasteiger partial charge in [-0.25, -0.2) is 4.79 Å². The number of nitrogens with zero attached hydrogens (tertiary/aromatic N) is 1. The van der Waals surface area contributed by atoms with Crippen molar-refractivity contribution in [3.8, 4) is 11.3 Å². The second-order valence-corrected chi connectivity index (χ2v) is 2.85. The van der Waals surface area contributed by atoms with Gasteiger partial charge in [-0.15, -0.1) is 0 Å². The minimum atomic E-state index is -0.928. The van der Waals surface area contributed by atoms with Crippen LogP contribution in [0, 0.1) is 0 Å². The summed E-state index contributed by atoms with van der Waals surface area (Å²) >= 11 is 0. The van der Waals surface area contributed by atoms with Crippen molar-refractivity contribution in [1.29, 1.82) is 0 Å². The minimum absolute atomic E-state index is 0.269. The molecule has 1 aromatic heterocycles. The number of aromatic carboxylic acids is 1. The van der Waals surface area contributed by atoms with Crippen molar-refractivity contribution >= 4 is 5.97 Å². The fourth-order valence-corrected chi connectivity index (χ4v) is 1.23. The molecule has 2 aromatic rings. The first kappa shape index (κ1) is 8.50. The zero-order chi connectivity index (χ0) is 9.97. The van der Waals surface area contributed by atoms with E-state index in [9.17, 15) is 4.79 Å². The summed E-state index contributed by atoms with van der Waals surface area (Å²) in [5, 5.41) is 15.4. The first-order chi connectivity index (χ1) is 6.77. The Morgan fingerprint density at radius 2 is 2.21 bits per heavy atom. The molecule has 0 atom stereocenters. The molecule has 2 N–H and O–H groups in total. The summed E-state index contributed by atoms with van der Waals surface area (Å²) in [7, 11) is 0. The molecular weight excluding hydrogens is 180 g/mol. The second-order valence-electron chi connectivity index (χ2n) is 2.85. The lowest BCUT2D eigenvalue weighted by Gasteiger charge is -1.97. The number of carbonyl (C=O) groups is 1. The van der Waals surface area contributed by atoms with Gasteiger partial charge in [0, 0.05) is 11.8 Å². The highest BCUT2D eigenvalue weighted by Crippen LogP contribution is 2.17. The highest BCUT2D eigenvalue weighted by atomic mass is 16.4. The van der Waals surface area contributed by atoms with Crippen molar-refractivity contribution < 1.29 is 9.90 Å². The van der Waals surface area contributed by atoms with Gasteiger partial charge in [0.15, 0.2) is 0 Å². The lowest BCUT2D eigenvalue weighted by Crippen LogP contribution is -1.95. The van der Waals surface area contributed by atoms with E-state index in [4.69, 9.17) is 5.11 Å². The molecule has 1 aromatic carbocycles. The molecule has 0 aliphatic heterocycles. The van der Waals surface area contributed by atoms with E-state index in [0.29, 0.717) is 0 Å². The van der Waals surface area contributed by atoms with Crippen molar-refractivity contribution in [2.75, 3.05) is 0 Å². The van der Waals surface area contributed by atoms with Crippen LogP contribution in [-0.4, -0.2) is 21.3 Å². The first-order valence-electron chi connectivity index (χ1n) is 4.11. The number of aromatic amines is 1. The first-order valence-corrected chi connectivity index (χ1v) is 4.11. The van der Waals surface area contributed by atoms with E-state index in [1.807, 2.05) is 6.07 Å². The topological polar surface area (TPSA) is 66.0 Å². The van der Waals surface area contributed by atoms with Crippen molar-refractivity contribution in [2.24, 2.45) is 0 Å². The number of hydrogen-bond acceptors (Lipinski definition) is 2. The average Bonchev–Trinajstić information content (AvgIpc) is 2.71. The van der Waals surface area contributed by atoms with Crippen LogP contribution >= 0.6 is 0 Å². The van der Waals surface area contributed by atoms with E-state index in [-0.39, 0.29) is 5.56 Å². The molecule has 0 fully saturated rings. The maximum absolute atomic E-state index is 10.7. The van der Waals surface area contributed by atoms with Gasteiger partial charge in [-0.1, -0.05) is 12.1 Å². The number of rotatable bonds is 2. The molecular formula is C10H8N2O2. The van der Waals surface area contributed by atoms with Gasteiger partial charge >= 0.3 is 5.97 Å². The van der Waals surface area contributed by atoms with E-state index in [1.165, 1.54) is 0 Å². The normalized spacial score (nSPS) is 10.0. The third-order valence-electron chi connectivity index (χ3n) is 1.91. The lowest BCUT2D eigenvalue weighted by molar-refractivity contribution is 0.0697. The Kier molecular flexibility index (Phi) is 2.02. The van der Waals surface area contributed by atoms with Gasteiger partial charge < -0.3 is 5.11 Å². The van der Waals surface area contributed by atoms with Crippen LogP contribution in [0.15, 0.2) is 36.5 Å². The Morgan fingerprint density at radius 1 is 1.36 bits per heavy atom. The maximum atomic E-state index is 10.7. The van der Waals surface area contributed by atoms with E-state index in [1.54, 1.807) is 30.5 Å². The standard InChI is InChI=1S/C10H8N2O2/c13-10(14)8-3-1-2-7(6-8)9-4-5-11-12-9/h1-6H,(H,11,12)(H,13,14). The number of carboxylic acids is 1. The summed E-state index contributed by atoms with van der Waals surface area (Å²) < 4.78 is 0. The van der Waals surface area contributed by atoms with Crippen molar-refractivity contribution in [1.82, 2.24) is 10.2 Å². The van der Waals surface area contributed by atoms with Crippen LogP contribution in [-0.2, 0) is 0 Å². The monoisotopic (exact) mass is 188 g/mol. The van der Waals surface area contributed by atoms with Gasteiger partial charge in [-0.2, -0.15) is 5.10 Å². The molecule has 0 saturated heterocycles. The van der Waals surface area contributed by atoms with Crippen LogP contribution < -0.4 is 0 Å². The molecule has 0 amide bonds. The lowest BCUT2D eigenvalue weighted by atomic mass is 10.1. The summed E-state index contributed by atoms with van der Waals surface area (Å²) in [5.41, 5.74) is 1.81. The molecule has 1 heterocycles. The molecule has 0 saturated carbocycles. The van der Waals surface area contributed by atoms with Gasteiger partial charge in [0.1, 0.15) is 0 Å². The van der Waals surface area contributed by atoms with Crippen LogP contribution in [0.1, 0.15) is 10.4 Å². The molecule has 0 radical (unpaired) electrons. The summed E-state index contributed by atoms with van der Waals surface area (Å²) in [5.74, 6) is -0.928. The smallest absolute Gasteiger partial charge is 0.335 e. The van der Waals surface area contributed by atoms with Gasteiger partial charge in [0.2, 0.25) is 0 Å². The van der Waals surface area contributed by atoms with Crippen LogP contribution in [0.5, 0.6) is 0 Å². The summed E-state index contributed by atoms with van der Waals surface area (Å²) in [6, 6.07) is 8.47. The molecule has 14 heavy (non-hydrogen) atoms. The number of hydrogen-bond donors (Lipinski definition) is 2. The Bertz CT molecular complexity index is 449. The van der Waals surface area contributed by atoms with Crippen molar-refractivity contribution in [2.45, 2.75) is 0 Å². The van der Waals surface area contributed by atoms with Gasteiger partial charge in [0.05, 0.1) is 11.3 Å². The molecule has 0 unspecified atom stereocenters. The van der Waals surface area contributed by atoms with Crippen molar-refractivity contribution in [3.63, 3.8) is 0 Å². The quantitative estimate of drug-likeness (QED) is 0.754. The number of benzene rings is 1. The van der Waals surface area contributed by atoms with Crippen LogP contribution in [0.25, 0.3) is 11.3 Å². The van der Waals surface area contributed by atoms with Crippen LogP contribution in [0.4, 0.5) is 0 Å². The molecule has 0 bridgehead atoms. The predicted molar refractivity (Wildman–Crippen MR) is 51.0 cm³/mol. The molecule has 70 valence electrons. The molecule has 0 aliphatic carbocycles. The van der Waals surface area contributed by atoms with Crippen LogP contribution in [0.2, 0.25) is 0 Å². The Morgan fingerprint density at radius 3 is 2.86 bits per heavy atom. The highest BCUT2D eigenvalue weighted by molar-refractivity contribution is 5.89. The van der Waals surface area contributed by atoms with Crippen LogP contribution in [0.3, 0.4) is 0 Å². The summed E-state index contributed by atoms with van der Waals surface area (Å²) in [4.78, 5) is 10.7. The summed E-state index contributed by atoms with van der Waals surface area (Å²) in [6.07, 6.45) is 1.70. The minimum Gasteiger partial charge on any atom is -0.478 e. The zero-order valence-electron chi connectivity index (χ0n) is 7.27. The second kappa shape index (κ2) is 3.33. The Hall–Kier alpha value is -2.10. The molecule has 4 nitrogen and oxygen atoms in total. The maximum Gasteiger partial charge on any atom is 0.335 e. The van der Waals surface area contributed by atoms with E-state index < -0.39 is 5.97 Å². The van der Waals surface area contributed by atoms with E-state index in [2.05, 4.69) is 10.2 Å². The number of nitrogens with one attached hydrogen (secondary N) is 1. The number of aromatic nitrogens is 2. The fourth-order valence-electron chi connectivity index (χ4n) is 1.23. The number of H-pyrrole nitrogens is 1. The Balaban J connectivity index is 2.46. The molecule has 0 aliphatic rings. The third kappa shape index (κ3) is 1.50. The molecule has 2 rings (SSSR count). The van der Waals surface area contributed by atoms with Gasteiger partial charge in [-0.3, -0.25) is 5.10 Å². The summed E-state index contributed by atoms with van der Waals surface area (Å²) in [6.45, 7) is 0. The van der Waals surface area contributed by atoms with E-state index >= 15 is 0 Å². The van der Waals surface area contributed by atoms with Gasteiger partial charge in [-0.05, 0) is 18.2 Å². The largest absolute Gasteiger partial charge is 0.478 e. The van der Waals surface area contributed by atoms with E-state index in [0.717, 1.165) is 11.3 Å². The highest BCUT2D eigenvalue weighted by Gasteiger charge is 2.05. The average molecular weight is 188 g/mol. The molecule has 0 spiro atoms. The third-order valence-corrected chi connectivity index (χ3v) is 1.91.